The van der Waals surface area contributed by atoms with E-state index in [0.717, 1.165) is 31.6 Å². The minimum atomic E-state index is 0.295. The summed E-state index contributed by atoms with van der Waals surface area (Å²) in [5.41, 5.74) is 1.17. The topological polar surface area (TPSA) is 32.7 Å². The van der Waals surface area contributed by atoms with Crippen molar-refractivity contribution in [3.05, 3.63) is 24.3 Å². The molecule has 0 saturated heterocycles. The predicted octanol–water partition coefficient (Wildman–Crippen LogP) is 2.29. The van der Waals surface area contributed by atoms with E-state index in [9.17, 15) is 0 Å². The van der Waals surface area contributed by atoms with Crippen LogP contribution in [0.15, 0.2) is 24.3 Å². The van der Waals surface area contributed by atoms with E-state index < -0.39 is 0 Å². The van der Waals surface area contributed by atoms with Crippen molar-refractivity contribution in [2.24, 2.45) is 0 Å². The molecule has 1 N–H and O–H groups in total. The van der Waals surface area contributed by atoms with Crippen LogP contribution < -0.4 is 9.64 Å². The first kappa shape index (κ1) is 12.8. The Kier molecular flexibility index (Phi) is 5.72. The van der Waals surface area contributed by atoms with Gasteiger partial charge in [0.05, 0.1) is 7.11 Å². The molecule has 3 nitrogen and oxygen atoms in total. The minimum absolute atomic E-state index is 0.295. The third kappa shape index (κ3) is 4.11. The van der Waals surface area contributed by atoms with E-state index in [4.69, 9.17) is 9.84 Å². The third-order valence-electron chi connectivity index (χ3n) is 2.65. The average molecular weight is 223 g/mol. The summed E-state index contributed by atoms with van der Waals surface area (Å²) in [5, 5.41) is 8.69. The van der Waals surface area contributed by atoms with Crippen LogP contribution in [0.25, 0.3) is 0 Å². The zero-order valence-corrected chi connectivity index (χ0v) is 10.1. The molecular formula is C13H21NO2. The van der Waals surface area contributed by atoms with Crippen LogP contribution in [0.2, 0.25) is 0 Å². The molecule has 0 atom stereocenters. The fourth-order valence-corrected chi connectivity index (χ4v) is 1.61. The number of anilines is 1. The highest BCUT2D eigenvalue weighted by Gasteiger charge is 2.01. The molecule has 1 rings (SSSR count). The maximum Gasteiger partial charge on any atom is 0.120 e. The number of benzene rings is 1. The fourth-order valence-electron chi connectivity index (χ4n) is 1.61. The summed E-state index contributed by atoms with van der Waals surface area (Å²) in [7, 11) is 3.76. The van der Waals surface area contributed by atoms with Crippen LogP contribution in [-0.2, 0) is 0 Å². The van der Waals surface area contributed by atoms with Gasteiger partial charge in [0.1, 0.15) is 5.75 Å². The molecule has 0 aliphatic rings. The van der Waals surface area contributed by atoms with Crippen LogP contribution in [0.3, 0.4) is 0 Å². The molecule has 0 bridgehead atoms. The van der Waals surface area contributed by atoms with Crippen LogP contribution in [0.4, 0.5) is 5.69 Å². The Bertz CT molecular complexity index is 302. The van der Waals surface area contributed by atoms with E-state index in [-0.39, 0.29) is 0 Å². The lowest BCUT2D eigenvalue weighted by atomic mass is 10.2. The third-order valence-corrected chi connectivity index (χ3v) is 2.65. The minimum Gasteiger partial charge on any atom is -0.497 e. The molecule has 0 aromatic heterocycles. The van der Waals surface area contributed by atoms with Crippen LogP contribution in [0.1, 0.15) is 19.3 Å². The lowest BCUT2D eigenvalue weighted by Gasteiger charge is -2.19. The van der Waals surface area contributed by atoms with Crippen molar-refractivity contribution in [3.63, 3.8) is 0 Å². The summed E-state index contributed by atoms with van der Waals surface area (Å²) in [6.45, 7) is 1.30. The number of unbranched alkanes of at least 4 members (excludes halogenated alkanes) is 2. The highest BCUT2D eigenvalue weighted by molar-refractivity contribution is 5.49. The predicted molar refractivity (Wildman–Crippen MR) is 67.2 cm³/mol. The Hall–Kier alpha value is -1.22. The van der Waals surface area contributed by atoms with Gasteiger partial charge >= 0.3 is 0 Å². The maximum absolute atomic E-state index is 8.69. The van der Waals surface area contributed by atoms with Gasteiger partial charge in [0.15, 0.2) is 0 Å². The van der Waals surface area contributed by atoms with Gasteiger partial charge < -0.3 is 14.7 Å². The maximum atomic E-state index is 8.69. The number of hydrogen-bond donors (Lipinski definition) is 1. The van der Waals surface area contributed by atoms with E-state index in [1.165, 1.54) is 5.69 Å². The summed E-state index contributed by atoms with van der Waals surface area (Å²) in [6, 6.07) is 8.06. The number of nitrogens with zero attached hydrogens (tertiary/aromatic N) is 1. The molecule has 0 saturated carbocycles. The normalized spacial score (nSPS) is 10.2. The number of aliphatic hydroxyl groups excluding tert-OH is 1. The molecular weight excluding hydrogens is 202 g/mol. The summed E-state index contributed by atoms with van der Waals surface area (Å²) < 4.78 is 5.19. The summed E-state index contributed by atoms with van der Waals surface area (Å²) in [4.78, 5) is 2.21. The van der Waals surface area contributed by atoms with Crippen molar-refractivity contribution >= 4 is 5.69 Å². The standard InChI is InChI=1S/C13H21NO2/c1-14(9-4-3-5-10-15)12-7-6-8-13(11-12)16-2/h6-8,11,15H,3-5,9-10H2,1-2H3. The molecule has 1 aromatic rings. The van der Waals surface area contributed by atoms with Gasteiger partial charge in [-0.1, -0.05) is 6.07 Å². The molecule has 90 valence electrons. The average Bonchev–Trinajstić information content (AvgIpc) is 2.34. The zero-order chi connectivity index (χ0) is 11.8. The molecule has 0 spiro atoms. The quantitative estimate of drug-likeness (QED) is 0.720. The number of ether oxygens (including phenoxy) is 1. The fraction of sp³-hybridized carbons (Fsp3) is 0.538. The van der Waals surface area contributed by atoms with E-state index >= 15 is 0 Å². The molecule has 0 amide bonds. The molecule has 1 aromatic carbocycles. The van der Waals surface area contributed by atoms with E-state index in [1.807, 2.05) is 18.2 Å². The van der Waals surface area contributed by atoms with Gasteiger partial charge in [0.2, 0.25) is 0 Å². The zero-order valence-electron chi connectivity index (χ0n) is 10.1. The molecule has 3 heteroatoms. The summed E-state index contributed by atoms with van der Waals surface area (Å²) >= 11 is 0. The monoisotopic (exact) mass is 223 g/mol. The Morgan fingerprint density at radius 1 is 1.25 bits per heavy atom. The first-order chi connectivity index (χ1) is 7.77. The van der Waals surface area contributed by atoms with Crippen molar-refractivity contribution in [1.82, 2.24) is 0 Å². The molecule has 16 heavy (non-hydrogen) atoms. The highest BCUT2D eigenvalue weighted by atomic mass is 16.5. The Morgan fingerprint density at radius 2 is 2.06 bits per heavy atom. The van der Waals surface area contributed by atoms with Crippen LogP contribution in [0, 0.1) is 0 Å². The first-order valence-electron chi connectivity index (χ1n) is 5.74. The van der Waals surface area contributed by atoms with Crippen LogP contribution >= 0.6 is 0 Å². The SMILES string of the molecule is COc1cccc(N(C)CCCCCO)c1. The lowest BCUT2D eigenvalue weighted by Crippen LogP contribution is -2.18. The molecule has 0 radical (unpaired) electrons. The smallest absolute Gasteiger partial charge is 0.120 e. The van der Waals surface area contributed by atoms with Gasteiger partial charge in [-0.15, -0.1) is 0 Å². The van der Waals surface area contributed by atoms with Crippen molar-refractivity contribution in [3.8, 4) is 5.75 Å². The molecule has 0 unspecified atom stereocenters. The molecule has 0 fully saturated rings. The first-order valence-corrected chi connectivity index (χ1v) is 5.74. The second-order valence-corrected chi connectivity index (χ2v) is 3.91. The van der Waals surface area contributed by atoms with Gasteiger partial charge in [0.25, 0.3) is 0 Å². The van der Waals surface area contributed by atoms with E-state index in [2.05, 4.69) is 18.0 Å². The molecule has 0 aliphatic heterocycles. The lowest BCUT2D eigenvalue weighted by molar-refractivity contribution is 0.283. The Balaban J connectivity index is 2.42. The second-order valence-electron chi connectivity index (χ2n) is 3.91. The Morgan fingerprint density at radius 3 is 2.75 bits per heavy atom. The second kappa shape index (κ2) is 7.12. The number of rotatable bonds is 7. The number of aliphatic hydroxyl groups is 1. The summed E-state index contributed by atoms with van der Waals surface area (Å²) in [6.07, 6.45) is 3.07. The number of hydrogen-bond acceptors (Lipinski definition) is 3. The Labute approximate surface area is 97.7 Å². The van der Waals surface area contributed by atoms with Crippen LogP contribution in [-0.4, -0.2) is 32.4 Å². The van der Waals surface area contributed by atoms with Gasteiger partial charge in [-0.3, -0.25) is 0 Å². The molecule has 0 aliphatic carbocycles. The van der Waals surface area contributed by atoms with Crippen molar-refractivity contribution in [2.45, 2.75) is 19.3 Å². The molecule has 0 heterocycles. The van der Waals surface area contributed by atoms with E-state index in [0.29, 0.717) is 6.61 Å². The van der Waals surface area contributed by atoms with Crippen molar-refractivity contribution in [2.75, 3.05) is 32.2 Å². The van der Waals surface area contributed by atoms with Crippen molar-refractivity contribution in [1.29, 1.82) is 0 Å². The highest BCUT2D eigenvalue weighted by Crippen LogP contribution is 2.20. The van der Waals surface area contributed by atoms with Crippen molar-refractivity contribution < 1.29 is 9.84 Å². The van der Waals surface area contributed by atoms with Gasteiger partial charge in [0, 0.05) is 32.0 Å². The summed E-state index contributed by atoms with van der Waals surface area (Å²) in [5.74, 6) is 0.889. The van der Waals surface area contributed by atoms with Gasteiger partial charge in [-0.2, -0.15) is 0 Å². The van der Waals surface area contributed by atoms with Gasteiger partial charge in [-0.05, 0) is 31.4 Å². The van der Waals surface area contributed by atoms with Crippen LogP contribution in [0.5, 0.6) is 5.75 Å². The largest absolute Gasteiger partial charge is 0.497 e. The van der Waals surface area contributed by atoms with E-state index in [1.54, 1.807) is 7.11 Å². The number of methoxy groups -OCH3 is 1. The van der Waals surface area contributed by atoms with Gasteiger partial charge in [-0.25, -0.2) is 0 Å².